The smallest absolute Gasteiger partial charge is 0.213 e. The van der Waals surface area contributed by atoms with Crippen molar-refractivity contribution in [3.63, 3.8) is 0 Å². The van der Waals surface area contributed by atoms with E-state index in [1.54, 1.807) is 7.11 Å². The highest BCUT2D eigenvalue weighted by molar-refractivity contribution is 5.60. The summed E-state index contributed by atoms with van der Waals surface area (Å²) in [6.45, 7) is 5.91. The molecule has 1 saturated heterocycles. The monoisotopic (exact) mass is 298 g/mol. The number of methoxy groups -OCH3 is 1. The molecule has 0 radical (unpaired) electrons. The summed E-state index contributed by atoms with van der Waals surface area (Å²) in [5.74, 6) is 0.642. The summed E-state index contributed by atoms with van der Waals surface area (Å²) in [7, 11) is 1.64. The summed E-state index contributed by atoms with van der Waals surface area (Å²) < 4.78 is 10.6. The first kappa shape index (κ1) is 15.0. The molecule has 2 aromatic rings. The molecule has 1 aliphatic rings. The molecule has 0 N–H and O–H groups in total. The Kier molecular flexibility index (Phi) is 4.71. The van der Waals surface area contributed by atoms with Crippen LogP contribution in [0.15, 0.2) is 42.5 Å². The van der Waals surface area contributed by atoms with Gasteiger partial charge in [-0.05, 0) is 18.6 Å². The average molecular weight is 298 g/mol. The molecule has 3 rings (SSSR count). The Morgan fingerprint density at radius 1 is 1.09 bits per heavy atom. The fourth-order valence-corrected chi connectivity index (χ4v) is 2.80. The zero-order chi connectivity index (χ0) is 15.4. The SMILES string of the molecule is COc1cccc(-c2ccc([C@H](C)N3CCOCC3)cc2)n1. The molecule has 2 heterocycles. The molecule has 0 spiro atoms. The molecule has 22 heavy (non-hydrogen) atoms. The van der Waals surface area contributed by atoms with Crippen LogP contribution in [0, 0.1) is 0 Å². The van der Waals surface area contributed by atoms with Gasteiger partial charge in [-0.15, -0.1) is 0 Å². The lowest BCUT2D eigenvalue weighted by Crippen LogP contribution is -2.37. The summed E-state index contributed by atoms with van der Waals surface area (Å²) in [4.78, 5) is 6.94. The summed E-state index contributed by atoms with van der Waals surface area (Å²) >= 11 is 0. The van der Waals surface area contributed by atoms with Crippen molar-refractivity contribution in [2.24, 2.45) is 0 Å². The van der Waals surface area contributed by atoms with Crippen LogP contribution < -0.4 is 4.74 Å². The van der Waals surface area contributed by atoms with Gasteiger partial charge < -0.3 is 9.47 Å². The molecule has 1 fully saturated rings. The first-order valence-electron chi connectivity index (χ1n) is 7.71. The van der Waals surface area contributed by atoms with Crippen molar-refractivity contribution in [3.05, 3.63) is 48.0 Å². The number of benzene rings is 1. The minimum Gasteiger partial charge on any atom is -0.481 e. The number of pyridine rings is 1. The predicted octanol–water partition coefficient (Wildman–Crippen LogP) is 3.15. The van der Waals surface area contributed by atoms with E-state index in [1.165, 1.54) is 5.56 Å². The minimum absolute atomic E-state index is 0.413. The largest absolute Gasteiger partial charge is 0.481 e. The predicted molar refractivity (Wildman–Crippen MR) is 87.0 cm³/mol. The highest BCUT2D eigenvalue weighted by Gasteiger charge is 2.18. The molecule has 0 unspecified atom stereocenters. The molecule has 4 heteroatoms. The molecular formula is C18H22N2O2. The van der Waals surface area contributed by atoms with Gasteiger partial charge in [0, 0.05) is 30.8 Å². The van der Waals surface area contributed by atoms with Gasteiger partial charge in [0.25, 0.3) is 0 Å². The van der Waals surface area contributed by atoms with Crippen molar-refractivity contribution < 1.29 is 9.47 Å². The van der Waals surface area contributed by atoms with Crippen LogP contribution in [0.5, 0.6) is 5.88 Å². The number of hydrogen-bond donors (Lipinski definition) is 0. The third-order valence-electron chi connectivity index (χ3n) is 4.21. The molecule has 1 aliphatic heterocycles. The lowest BCUT2D eigenvalue weighted by atomic mass is 10.0. The van der Waals surface area contributed by atoms with Gasteiger partial charge in [-0.1, -0.05) is 30.3 Å². The van der Waals surface area contributed by atoms with Crippen molar-refractivity contribution in [3.8, 4) is 17.1 Å². The van der Waals surface area contributed by atoms with Crippen molar-refractivity contribution >= 4 is 0 Å². The number of ether oxygens (including phenoxy) is 2. The van der Waals surface area contributed by atoms with E-state index in [2.05, 4.69) is 41.1 Å². The van der Waals surface area contributed by atoms with E-state index in [9.17, 15) is 0 Å². The summed E-state index contributed by atoms with van der Waals surface area (Å²) in [5.41, 5.74) is 3.37. The molecule has 0 bridgehead atoms. The van der Waals surface area contributed by atoms with Gasteiger partial charge in [0.2, 0.25) is 5.88 Å². The zero-order valence-electron chi connectivity index (χ0n) is 13.2. The van der Waals surface area contributed by atoms with Crippen molar-refractivity contribution in [2.45, 2.75) is 13.0 Å². The van der Waals surface area contributed by atoms with E-state index in [-0.39, 0.29) is 0 Å². The quantitative estimate of drug-likeness (QED) is 0.868. The second-order valence-corrected chi connectivity index (χ2v) is 5.51. The van der Waals surface area contributed by atoms with Gasteiger partial charge in [0.15, 0.2) is 0 Å². The Hall–Kier alpha value is -1.91. The molecule has 116 valence electrons. The fraction of sp³-hybridized carbons (Fsp3) is 0.389. The van der Waals surface area contributed by atoms with E-state index in [1.807, 2.05) is 18.2 Å². The van der Waals surface area contributed by atoms with E-state index in [4.69, 9.17) is 9.47 Å². The first-order chi connectivity index (χ1) is 10.8. The van der Waals surface area contributed by atoms with E-state index >= 15 is 0 Å². The van der Waals surface area contributed by atoms with Crippen molar-refractivity contribution in [2.75, 3.05) is 33.4 Å². The third kappa shape index (κ3) is 3.29. The third-order valence-corrected chi connectivity index (χ3v) is 4.21. The highest BCUT2D eigenvalue weighted by Crippen LogP contribution is 2.25. The Morgan fingerprint density at radius 3 is 2.50 bits per heavy atom. The fourth-order valence-electron chi connectivity index (χ4n) is 2.80. The Morgan fingerprint density at radius 2 is 1.82 bits per heavy atom. The molecule has 1 atom stereocenters. The molecule has 4 nitrogen and oxygen atoms in total. The van der Waals surface area contributed by atoms with E-state index < -0.39 is 0 Å². The van der Waals surface area contributed by atoms with Crippen LogP contribution in [0.25, 0.3) is 11.3 Å². The minimum atomic E-state index is 0.413. The average Bonchev–Trinajstić information content (AvgIpc) is 2.62. The Labute approximate surface area is 131 Å². The summed E-state index contributed by atoms with van der Waals surface area (Å²) in [6.07, 6.45) is 0. The normalized spacial score (nSPS) is 17.2. The van der Waals surface area contributed by atoms with Gasteiger partial charge in [-0.2, -0.15) is 0 Å². The second-order valence-electron chi connectivity index (χ2n) is 5.51. The standard InChI is InChI=1S/C18H22N2O2/c1-14(20-10-12-22-13-11-20)15-6-8-16(9-7-15)17-4-3-5-18(19-17)21-2/h3-9,14H,10-13H2,1-2H3/t14-/m0/s1. The molecule has 1 aromatic carbocycles. The number of rotatable bonds is 4. The van der Waals surface area contributed by atoms with Crippen LogP contribution in [0.2, 0.25) is 0 Å². The molecule has 1 aromatic heterocycles. The number of aromatic nitrogens is 1. The lowest BCUT2D eigenvalue weighted by molar-refractivity contribution is 0.0198. The van der Waals surface area contributed by atoms with Crippen LogP contribution in [0.1, 0.15) is 18.5 Å². The van der Waals surface area contributed by atoms with E-state index in [0.717, 1.165) is 37.6 Å². The van der Waals surface area contributed by atoms with Crippen molar-refractivity contribution in [1.82, 2.24) is 9.88 Å². The molecule has 0 aliphatic carbocycles. The maximum absolute atomic E-state index is 5.42. The van der Waals surface area contributed by atoms with Crippen molar-refractivity contribution in [1.29, 1.82) is 0 Å². The summed E-state index contributed by atoms with van der Waals surface area (Å²) in [5, 5.41) is 0. The topological polar surface area (TPSA) is 34.6 Å². The Balaban J connectivity index is 1.76. The highest BCUT2D eigenvalue weighted by atomic mass is 16.5. The van der Waals surface area contributed by atoms with E-state index in [0.29, 0.717) is 11.9 Å². The van der Waals surface area contributed by atoms with Crippen LogP contribution in [0.4, 0.5) is 0 Å². The number of nitrogens with zero attached hydrogens (tertiary/aromatic N) is 2. The molecular weight excluding hydrogens is 276 g/mol. The number of morpholine rings is 1. The van der Waals surface area contributed by atoms with Crippen LogP contribution in [-0.4, -0.2) is 43.3 Å². The lowest BCUT2D eigenvalue weighted by Gasteiger charge is -2.32. The maximum atomic E-state index is 5.42. The van der Waals surface area contributed by atoms with Crippen LogP contribution in [0.3, 0.4) is 0 Å². The van der Waals surface area contributed by atoms with Gasteiger partial charge in [-0.25, -0.2) is 4.98 Å². The molecule has 0 saturated carbocycles. The van der Waals surface area contributed by atoms with Crippen LogP contribution >= 0.6 is 0 Å². The van der Waals surface area contributed by atoms with Gasteiger partial charge in [0.1, 0.15) is 0 Å². The maximum Gasteiger partial charge on any atom is 0.213 e. The molecule has 0 amide bonds. The second kappa shape index (κ2) is 6.90. The Bertz CT molecular complexity index is 607. The zero-order valence-corrected chi connectivity index (χ0v) is 13.2. The van der Waals surface area contributed by atoms with Crippen LogP contribution in [-0.2, 0) is 4.74 Å². The summed E-state index contributed by atoms with van der Waals surface area (Å²) in [6, 6.07) is 14.9. The van der Waals surface area contributed by atoms with Gasteiger partial charge in [-0.3, -0.25) is 4.90 Å². The van der Waals surface area contributed by atoms with Gasteiger partial charge >= 0.3 is 0 Å². The number of hydrogen-bond acceptors (Lipinski definition) is 4. The first-order valence-corrected chi connectivity index (χ1v) is 7.71. The van der Waals surface area contributed by atoms with Gasteiger partial charge in [0.05, 0.1) is 26.0 Å².